The molecule has 7 nitrogen and oxygen atoms in total. The third-order valence-corrected chi connectivity index (χ3v) is 5.10. The lowest BCUT2D eigenvalue weighted by molar-refractivity contribution is 0.101. The van der Waals surface area contributed by atoms with E-state index < -0.39 is 5.91 Å². The zero-order chi connectivity index (χ0) is 22.1. The van der Waals surface area contributed by atoms with Gasteiger partial charge in [0.2, 0.25) is 0 Å². The van der Waals surface area contributed by atoms with Crippen LogP contribution in [0.4, 0.5) is 10.1 Å². The van der Waals surface area contributed by atoms with Crippen LogP contribution in [0.15, 0.2) is 59.7 Å². The number of amides is 1. The molecule has 0 saturated heterocycles. The minimum absolute atomic E-state index is 0.0673. The molecule has 4 rings (SSSR count). The summed E-state index contributed by atoms with van der Waals surface area (Å²) in [5.74, 6) is -0.887. The molecule has 0 fully saturated rings. The summed E-state index contributed by atoms with van der Waals surface area (Å²) >= 11 is 0. The van der Waals surface area contributed by atoms with Gasteiger partial charge in [0, 0.05) is 35.6 Å². The average Bonchev–Trinajstić information content (AvgIpc) is 3.18. The summed E-state index contributed by atoms with van der Waals surface area (Å²) in [5, 5.41) is 5.48. The number of aryl methyl sites for hydroxylation is 1. The van der Waals surface area contributed by atoms with Crippen LogP contribution in [0.2, 0.25) is 0 Å². The fraction of sp³-hybridized carbons (Fsp3) is 0.130. The van der Waals surface area contributed by atoms with Gasteiger partial charge in [-0.1, -0.05) is 6.07 Å². The van der Waals surface area contributed by atoms with E-state index in [1.807, 2.05) is 6.92 Å². The van der Waals surface area contributed by atoms with Gasteiger partial charge in [0.05, 0.1) is 0 Å². The first kappa shape index (κ1) is 20.2. The molecule has 8 heteroatoms. The highest BCUT2D eigenvalue weighted by atomic mass is 19.1. The molecule has 0 bridgehead atoms. The van der Waals surface area contributed by atoms with Gasteiger partial charge in [0.15, 0.2) is 11.4 Å². The van der Waals surface area contributed by atoms with E-state index in [9.17, 15) is 18.8 Å². The number of H-pyrrole nitrogens is 1. The molecular weight excluding hydrogens is 399 g/mol. The van der Waals surface area contributed by atoms with Gasteiger partial charge >= 0.3 is 0 Å². The predicted molar refractivity (Wildman–Crippen MR) is 114 cm³/mol. The van der Waals surface area contributed by atoms with Crippen molar-refractivity contribution in [1.82, 2.24) is 14.6 Å². The largest absolute Gasteiger partial charge is 0.322 e. The second-order valence-corrected chi connectivity index (χ2v) is 7.27. The van der Waals surface area contributed by atoms with Crippen molar-refractivity contribution >= 4 is 23.0 Å². The number of nitrogens with zero attached hydrogens (tertiary/aromatic N) is 2. The van der Waals surface area contributed by atoms with Crippen LogP contribution in [0, 0.1) is 12.7 Å². The molecule has 156 valence electrons. The summed E-state index contributed by atoms with van der Waals surface area (Å²) in [6, 6.07) is 10.9. The molecule has 0 atom stereocenters. The molecule has 2 aromatic heterocycles. The smallest absolute Gasteiger partial charge is 0.276 e. The standard InChI is InChI=1S/C23H19FN4O3/c1-13-3-6-18(24)10-16(13)9-17-11-25-21-20(12-26-28(21)23(17)31)22(30)27-19-7-4-15(5-8-19)14(2)29/h3-8,10-12,26H,9H2,1-2H3,(H,27,30). The Morgan fingerprint density at radius 1 is 1.13 bits per heavy atom. The van der Waals surface area contributed by atoms with Crippen LogP contribution in [0.5, 0.6) is 0 Å². The van der Waals surface area contributed by atoms with Crippen molar-refractivity contribution < 1.29 is 14.0 Å². The molecule has 4 aromatic rings. The maximum atomic E-state index is 13.6. The number of benzene rings is 2. The monoisotopic (exact) mass is 418 g/mol. The fourth-order valence-corrected chi connectivity index (χ4v) is 3.31. The summed E-state index contributed by atoms with van der Waals surface area (Å²) in [6.45, 7) is 3.31. The molecule has 0 aliphatic carbocycles. The van der Waals surface area contributed by atoms with Gasteiger partial charge in [0.25, 0.3) is 11.5 Å². The molecule has 2 aromatic carbocycles. The van der Waals surface area contributed by atoms with Crippen LogP contribution in [-0.2, 0) is 6.42 Å². The molecular formula is C23H19FN4O3. The number of hydrogen-bond donors (Lipinski definition) is 2. The topological polar surface area (TPSA) is 96.3 Å². The van der Waals surface area contributed by atoms with E-state index in [2.05, 4.69) is 15.4 Å². The van der Waals surface area contributed by atoms with Crippen molar-refractivity contribution in [3.05, 3.63) is 98.8 Å². The lowest BCUT2D eigenvalue weighted by Gasteiger charge is -2.07. The van der Waals surface area contributed by atoms with E-state index >= 15 is 0 Å². The number of hydrogen-bond acceptors (Lipinski definition) is 4. The van der Waals surface area contributed by atoms with Gasteiger partial charge in [-0.05, 0) is 61.4 Å². The average molecular weight is 418 g/mol. The third kappa shape index (κ3) is 4.00. The Bertz CT molecular complexity index is 1370. The van der Waals surface area contributed by atoms with Crippen molar-refractivity contribution in [3.63, 3.8) is 0 Å². The number of aromatic amines is 1. The Kier molecular flexibility index (Phi) is 5.21. The SMILES string of the molecule is CC(=O)c1ccc(NC(=O)c2c[nH]n3c(=O)c(Cc4cc(F)ccc4C)cnc23)cc1. The Balaban J connectivity index is 1.61. The van der Waals surface area contributed by atoms with E-state index in [-0.39, 0.29) is 34.8 Å². The number of Topliss-reactive ketones (excluding diaryl/α,β-unsaturated/α-hetero) is 1. The highest BCUT2D eigenvalue weighted by molar-refractivity contribution is 6.08. The van der Waals surface area contributed by atoms with E-state index in [4.69, 9.17) is 0 Å². The summed E-state index contributed by atoms with van der Waals surface area (Å²) in [7, 11) is 0. The molecule has 0 radical (unpaired) electrons. The second-order valence-electron chi connectivity index (χ2n) is 7.27. The van der Waals surface area contributed by atoms with Gasteiger partial charge in [-0.15, -0.1) is 0 Å². The van der Waals surface area contributed by atoms with Crippen LogP contribution in [0.25, 0.3) is 5.65 Å². The summed E-state index contributed by atoms with van der Waals surface area (Å²) in [5.41, 5.74) is 3.00. The van der Waals surface area contributed by atoms with Crippen molar-refractivity contribution in [2.24, 2.45) is 0 Å². The Morgan fingerprint density at radius 2 is 1.87 bits per heavy atom. The molecule has 0 unspecified atom stereocenters. The van der Waals surface area contributed by atoms with E-state index in [1.165, 1.54) is 36.0 Å². The number of anilines is 1. The Hall–Kier alpha value is -4.07. The fourth-order valence-electron chi connectivity index (χ4n) is 3.31. The lowest BCUT2D eigenvalue weighted by atomic mass is 10.0. The molecule has 0 saturated carbocycles. The first-order chi connectivity index (χ1) is 14.8. The van der Waals surface area contributed by atoms with Gasteiger partial charge < -0.3 is 5.32 Å². The minimum atomic E-state index is -0.449. The zero-order valence-corrected chi connectivity index (χ0v) is 16.9. The summed E-state index contributed by atoms with van der Waals surface area (Å²) in [4.78, 5) is 41.2. The van der Waals surface area contributed by atoms with Gasteiger partial charge in [-0.25, -0.2) is 13.9 Å². The van der Waals surface area contributed by atoms with E-state index in [0.717, 1.165) is 5.56 Å². The first-order valence-electron chi connectivity index (χ1n) is 9.59. The highest BCUT2D eigenvalue weighted by Crippen LogP contribution is 2.16. The number of aromatic nitrogens is 3. The maximum absolute atomic E-state index is 13.6. The second kappa shape index (κ2) is 7.98. The normalized spacial score (nSPS) is 10.9. The Morgan fingerprint density at radius 3 is 2.58 bits per heavy atom. The van der Waals surface area contributed by atoms with Crippen LogP contribution in [0.1, 0.15) is 44.3 Å². The van der Waals surface area contributed by atoms with Crippen LogP contribution in [0.3, 0.4) is 0 Å². The number of carbonyl (C=O) groups is 2. The zero-order valence-electron chi connectivity index (χ0n) is 16.9. The first-order valence-corrected chi connectivity index (χ1v) is 9.59. The predicted octanol–water partition coefficient (Wildman–Crippen LogP) is 3.52. The number of ketones is 1. The van der Waals surface area contributed by atoms with Gasteiger partial charge in [0.1, 0.15) is 11.4 Å². The number of rotatable bonds is 5. The van der Waals surface area contributed by atoms with Crippen molar-refractivity contribution in [1.29, 1.82) is 0 Å². The third-order valence-electron chi connectivity index (χ3n) is 5.10. The van der Waals surface area contributed by atoms with Crippen molar-refractivity contribution in [3.8, 4) is 0 Å². The van der Waals surface area contributed by atoms with Gasteiger partial charge in [-0.2, -0.15) is 0 Å². The molecule has 0 aliphatic rings. The van der Waals surface area contributed by atoms with Crippen molar-refractivity contribution in [2.45, 2.75) is 20.3 Å². The summed E-state index contributed by atoms with van der Waals surface area (Å²) < 4.78 is 14.8. The van der Waals surface area contributed by atoms with Crippen LogP contribution < -0.4 is 10.9 Å². The molecule has 1 amide bonds. The molecule has 0 spiro atoms. The molecule has 0 aliphatic heterocycles. The lowest BCUT2D eigenvalue weighted by Crippen LogP contribution is -2.21. The molecule has 31 heavy (non-hydrogen) atoms. The number of fused-ring (bicyclic) bond motifs is 1. The van der Waals surface area contributed by atoms with E-state index in [1.54, 1.807) is 30.3 Å². The maximum Gasteiger partial charge on any atom is 0.276 e. The van der Waals surface area contributed by atoms with Crippen LogP contribution >= 0.6 is 0 Å². The number of nitrogens with one attached hydrogen (secondary N) is 2. The molecule has 2 heterocycles. The quantitative estimate of drug-likeness (QED) is 0.485. The van der Waals surface area contributed by atoms with Gasteiger partial charge in [-0.3, -0.25) is 19.5 Å². The number of carbonyl (C=O) groups excluding carboxylic acids is 2. The summed E-state index contributed by atoms with van der Waals surface area (Å²) in [6.07, 6.45) is 3.04. The van der Waals surface area contributed by atoms with E-state index in [0.29, 0.717) is 22.4 Å². The van der Waals surface area contributed by atoms with Crippen LogP contribution in [-0.4, -0.2) is 26.3 Å². The highest BCUT2D eigenvalue weighted by Gasteiger charge is 2.17. The number of halogens is 1. The molecule has 2 N–H and O–H groups in total. The Labute approximate surface area is 176 Å². The van der Waals surface area contributed by atoms with Crippen molar-refractivity contribution in [2.75, 3.05) is 5.32 Å². The minimum Gasteiger partial charge on any atom is -0.322 e.